The Morgan fingerprint density at radius 1 is 1.53 bits per heavy atom. The number of carbonyl (C=O) groups is 1. The maximum atomic E-state index is 11.0. The highest BCUT2D eigenvalue weighted by Gasteiger charge is 2.30. The molecule has 1 atom stereocenters. The van der Waals surface area contributed by atoms with Crippen LogP contribution in [0.25, 0.3) is 0 Å². The zero-order valence-electron chi connectivity index (χ0n) is 8.81. The molecule has 1 N–H and O–H groups in total. The molecular weight excluding hydrogens is 190 g/mol. The average molecular weight is 205 g/mol. The number of aliphatic carboxylic acids is 1. The fourth-order valence-corrected chi connectivity index (χ4v) is 2.14. The Labute approximate surface area is 89.3 Å². The van der Waals surface area contributed by atoms with E-state index in [1.54, 1.807) is 0 Å². The van der Waals surface area contributed by atoms with Crippen molar-refractivity contribution in [1.29, 1.82) is 0 Å². The molecule has 1 aliphatic rings. The number of rotatable bonds is 2. The van der Waals surface area contributed by atoms with Crippen LogP contribution in [0.15, 0.2) is 24.3 Å². The Bertz CT molecular complexity index is 376. The SMILES string of the molecule is Cc1cccc(N2CCC[C@H]2C(=O)O)c1. The van der Waals surface area contributed by atoms with E-state index in [9.17, 15) is 4.79 Å². The number of carboxylic acids is 1. The van der Waals surface area contributed by atoms with Crippen LogP contribution in [0.2, 0.25) is 0 Å². The highest BCUT2D eigenvalue weighted by atomic mass is 16.4. The van der Waals surface area contributed by atoms with E-state index in [0.29, 0.717) is 0 Å². The second-order valence-corrected chi connectivity index (χ2v) is 4.03. The first-order chi connectivity index (χ1) is 7.18. The fourth-order valence-electron chi connectivity index (χ4n) is 2.14. The largest absolute Gasteiger partial charge is 0.480 e. The number of hydrogen-bond acceptors (Lipinski definition) is 2. The molecule has 0 saturated carbocycles. The predicted molar refractivity (Wildman–Crippen MR) is 59.2 cm³/mol. The molecule has 3 heteroatoms. The second kappa shape index (κ2) is 3.93. The molecule has 1 heterocycles. The topological polar surface area (TPSA) is 40.5 Å². The molecule has 1 aliphatic heterocycles. The number of anilines is 1. The van der Waals surface area contributed by atoms with Crippen LogP contribution in [-0.2, 0) is 4.79 Å². The molecule has 0 bridgehead atoms. The molecule has 80 valence electrons. The van der Waals surface area contributed by atoms with Gasteiger partial charge in [-0.05, 0) is 37.5 Å². The monoisotopic (exact) mass is 205 g/mol. The van der Waals surface area contributed by atoms with Crippen molar-refractivity contribution in [1.82, 2.24) is 0 Å². The van der Waals surface area contributed by atoms with Crippen molar-refractivity contribution in [3.05, 3.63) is 29.8 Å². The van der Waals surface area contributed by atoms with Gasteiger partial charge in [-0.2, -0.15) is 0 Å². The standard InChI is InChI=1S/C12H15NO2/c1-9-4-2-5-10(8-9)13-7-3-6-11(13)12(14)15/h2,4-5,8,11H,3,6-7H2,1H3,(H,14,15)/t11-/m0/s1. The van der Waals surface area contributed by atoms with Gasteiger partial charge in [0.25, 0.3) is 0 Å². The quantitative estimate of drug-likeness (QED) is 0.803. The molecular formula is C12H15NO2. The highest BCUT2D eigenvalue weighted by Crippen LogP contribution is 2.26. The molecule has 15 heavy (non-hydrogen) atoms. The molecule has 1 saturated heterocycles. The van der Waals surface area contributed by atoms with Gasteiger partial charge in [0, 0.05) is 12.2 Å². The van der Waals surface area contributed by atoms with Crippen molar-refractivity contribution in [3.63, 3.8) is 0 Å². The van der Waals surface area contributed by atoms with Gasteiger partial charge in [-0.15, -0.1) is 0 Å². The molecule has 1 aromatic carbocycles. The average Bonchev–Trinajstić information content (AvgIpc) is 2.65. The smallest absolute Gasteiger partial charge is 0.326 e. The van der Waals surface area contributed by atoms with E-state index in [0.717, 1.165) is 25.1 Å². The summed E-state index contributed by atoms with van der Waals surface area (Å²) in [4.78, 5) is 13.0. The van der Waals surface area contributed by atoms with Crippen molar-refractivity contribution in [2.75, 3.05) is 11.4 Å². The maximum Gasteiger partial charge on any atom is 0.326 e. The summed E-state index contributed by atoms with van der Waals surface area (Å²) in [6.07, 6.45) is 1.72. The first kappa shape index (κ1) is 10.0. The molecule has 0 radical (unpaired) electrons. The van der Waals surface area contributed by atoms with E-state index in [1.807, 2.05) is 36.1 Å². The maximum absolute atomic E-state index is 11.0. The zero-order chi connectivity index (χ0) is 10.8. The van der Waals surface area contributed by atoms with Crippen LogP contribution in [0.4, 0.5) is 5.69 Å². The Balaban J connectivity index is 2.26. The number of hydrogen-bond donors (Lipinski definition) is 1. The van der Waals surface area contributed by atoms with Crippen molar-refractivity contribution in [2.45, 2.75) is 25.8 Å². The molecule has 0 unspecified atom stereocenters. The molecule has 3 nitrogen and oxygen atoms in total. The number of nitrogens with zero attached hydrogens (tertiary/aromatic N) is 1. The van der Waals surface area contributed by atoms with Gasteiger partial charge in [-0.3, -0.25) is 0 Å². The van der Waals surface area contributed by atoms with E-state index in [1.165, 1.54) is 5.56 Å². The third-order valence-electron chi connectivity index (χ3n) is 2.87. The van der Waals surface area contributed by atoms with Crippen LogP contribution in [0, 0.1) is 6.92 Å². The van der Waals surface area contributed by atoms with Crippen LogP contribution >= 0.6 is 0 Å². The van der Waals surface area contributed by atoms with E-state index in [2.05, 4.69) is 0 Å². The minimum Gasteiger partial charge on any atom is -0.480 e. The lowest BCUT2D eigenvalue weighted by molar-refractivity contribution is -0.138. The van der Waals surface area contributed by atoms with Crippen molar-refractivity contribution >= 4 is 11.7 Å². The van der Waals surface area contributed by atoms with Crippen LogP contribution in [0.1, 0.15) is 18.4 Å². The van der Waals surface area contributed by atoms with Crippen LogP contribution in [0.5, 0.6) is 0 Å². The molecule has 0 amide bonds. The fraction of sp³-hybridized carbons (Fsp3) is 0.417. The summed E-state index contributed by atoms with van der Waals surface area (Å²) >= 11 is 0. The Morgan fingerprint density at radius 3 is 3.00 bits per heavy atom. The Kier molecular flexibility index (Phi) is 2.62. The van der Waals surface area contributed by atoms with Gasteiger partial charge < -0.3 is 10.0 Å². The first-order valence-electron chi connectivity index (χ1n) is 5.24. The summed E-state index contributed by atoms with van der Waals surface area (Å²) in [5.41, 5.74) is 2.20. The van der Waals surface area contributed by atoms with Crippen LogP contribution in [0.3, 0.4) is 0 Å². The van der Waals surface area contributed by atoms with Gasteiger partial charge in [0.05, 0.1) is 0 Å². The second-order valence-electron chi connectivity index (χ2n) is 4.03. The van der Waals surface area contributed by atoms with E-state index >= 15 is 0 Å². The zero-order valence-corrected chi connectivity index (χ0v) is 8.81. The van der Waals surface area contributed by atoms with Crippen molar-refractivity contribution in [2.24, 2.45) is 0 Å². The van der Waals surface area contributed by atoms with Crippen molar-refractivity contribution in [3.8, 4) is 0 Å². The normalized spacial score (nSPS) is 20.6. The molecule has 1 fully saturated rings. The Hall–Kier alpha value is -1.51. The summed E-state index contributed by atoms with van der Waals surface area (Å²) in [5.74, 6) is -0.714. The lowest BCUT2D eigenvalue weighted by Crippen LogP contribution is -2.35. The van der Waals surface area contributed by atoms with E-state index < -0.39 is 5.97 Å². The summed E-state index contributed by atoms with van der Waals surface area (Å²) in [5, 5.41) is 9.07. The highest BCUT2D eigenvalue weighted by molar-refractivity contribution is 5.79. The number of aryl methyl sites for hydroxylation is 1. The molecule has 0 spiro atoms. The Morgan fingerprint density at radius 2 is 2.33 bits per heavy atom. The molecule has 0 aromatic heterocycles. The van der Waals surface area contributed by atoms with E-state index in [4.69, 9.17) is 5.11 Å². The predicted octanol–water partition coefficient (Wildman–Crippen LogP) is 2.05. The van der Waals surface area contributed by atoms with Crippen LogP contribution < -0.4 is 4.90 Å². The van der Waals surface area contributed by atoms with Gasteiger partial charge in [-0.25, -0.2) is 4.79 Å². The molecule has 0 aliphatic carbocycles. The minimum atomic E-state index is -0.714. The number of carboxylic acid groups (broad SMARTS) is 1. The van der Waals surface area contributed by atoms with Gasteiger partial charge in [0.2, 0.25) is 0 Å². The summed E-state index contributed by atoms with van der Waals surface area (Å²) in [7, 11) is 0. The lowest BCUT2D eigenvalue weighted by atomic mass is 10.2. The molecule has 1 aromatic rings. The van der Waals surface area contributed by atoms with Crippen LogP contribution in [-0.4, -0.2) is 23.7 Å². The van der Waals surface area contributed by atoms with Gasteiger partial charge in [0.15, 0.2) is 0 Å². The third kappa shape index (κ3) is 1.96. The minimum absolute atomic E-state index is 0.341. The third-order valence-corrected chi connectivity index (χ3v) is 2.87. The lowest BCUT2D eigenvalue weighted by Gasteiger charge is -2.23. The molecule has 2 rings (SSSR count). The van der Waals surface area contributed by atoms with Gasteiger partial charge >= 0.3 is 5.97 Å². The summed E-state index contributed by atoms with van der Waals surface area (Å²) < 4.78 is 0. The van der Waals surface area contributed by atoms with E-state index in [-0.39, 0.29) is 6.04 Å². The summed E-state index contributed by atoms with van der Waals surface area (Å²) in [6, 6.07) is 7.68. The first-order valence-corrected chi connectivity index (χ1v) is 5.24. The number of benzene rings is 1. The van der Waals surface area contributed by atoms with Crippen molar-refractivity contribution < 1.29 is 9.90 Å². The van der Waals surface area contributed by atoms with Gasteiger partial charge in [-0.1, -0.05) is 12.1 Å². The summed E-state index contributed by atoms with van der Waals surface area (Å²) in [6.45, 7) is 2.87. The van der Waals surface area contributed by atoms with Gasteiger partial charge in [0.1, 0.15) is 6.04 Å².